The molecule has 6 nitrogen and oxygen atoms in total. The van der Waals surface area contributed by atoms with E-state index in [4.69, 9.17) is 4.52 Å². The Bertz CT molecular complexity index is 869. The second kappa shape index (κ2) is 6.54. The van der Waals surface area contributed by atoms with Gasteiger partial charge in [0.1, 0.15) is 11.6 Å². The summed E-state index contributed by atoms with van der Waals surface area (Å²) in [7, 11) is 0. The van der Waals surface area contributed by atoms with Gasteiger partial charge in [0.25, 0.3) is 5.91 Å². The van der Waals surface area contributed by atoms with Gasteiger partial charge in [-0.3, -0.25) is 4.79 Å². The van der Waals surface area contributed by atoms with Crippen LogP contribution in [-0.2, 0) is 0 Å². The van der Waals surface area contributed by atoms with E-state index in [1.165, 1.54) is 0 Å². The second-order valence-electron chi connectivity index (χ2n) is 5.63. The fraction of sp³-hybridized carbons (Fsp3) is 0.167. The summed E-state index contributed by atoms with van der Waals surface area (Å²) in [5.41, 5.74) is 3.61. The number of carbonyl (C=O) groups is 1. The number of hydrogen-bond acceptors (Lipinski definition) is 5. The van der Waals surface area contributed by atoms with Crippen molar-refractivity contribution in [2.45, 2.75) is 20.8 Å². The second-order valence-corrected chi connectivity index (χ2v) is 5.63. The third-order valence-corrected chi connectivity index (χ3v) is 3.67. The molecule has 0 bridgehead atoms. The van der Waals surface area contributed by atoms with Crippen LogP contribution < -0.4 is 10.6 Å². The van der Waals surface area contributed by atoms with Crippen LogP contribution in [0.2, 0.25) is 0 Å². The van der Waals surface area contributed by atoms with Crippen LogP contribution in [0, 0.1) is 20.8 Å². The lowest BCUT2D eigenvalue weighted by Gasteiger charge is -2.07. The lowest BCUT2D eigenvalue weighted by molar-refractivity contribution is 0.102. The molecule has 0 aliphatic heterocycles. The van der Waals surface area contributed by atoms with Crippen molar-refractivity contribution < 1.29 is 9.32 Å². The number of nitrogens with one attached hydrogen (secondary N) is 2. The first kappa shape index (κ1) is 15.7. The first-order chi connectivity index (χ1) is 11.5. The predicted octanol–water partition coefficient (Wildman–Crippen LogP) is 3.99. The largest absolute Gasteiger partial charge is 0.360 e. The van der Waals surface area contributed by atoms with Crippen molar-refractivity contribution in [1.29, 1.82) is 0 Å². The molecule has 0 fully saturated rings. The normalized spacial score (nSPS) is 10.5. The molecular weight excluding hydrogens is 304 g/mol. The lowest BCUT2D eigenvalue weighted by Crippen LogP contribution is -2.13. The fourth-order valence-corrected chi connectivity index (χ4v) is 2.19. The van der Waals surface area contributed by atoms with E-state index in [-0.39, 0.29) is 5.91 Å². The van der Waals surface area contributed by atoms with Crippen LogP contribution in [0.4, 0.5) is 17.3 Å². The highest BCUT2D eigenvalue weighted by atomic mass is 16.5. The molecule has 2 heterocycles. The zero-order valence-corrected chi connectivity index (χ0v) is 13.8. The van der Waals surface area contributed by atoms with Crippen LogP contribution in [0.5, 0.6) is 0 Å². The van der Waals surface area contributed by atoms with Crippen LogP contribution in [0.3, 0.4) is 0 Å². The minimum absolute atomic E-state index is 0.182. The van der Waals surface area contributed by atoms with E-state index in [2.05, 4.69) is 20.8 Å². The summed E-state index contributed by atoms with van der Waals surface area (Å²) in [5.74, 6) is 1.64. The van der Waals surface area contributed by atoms with Gasteiger partial charge < -0.3 is 15.2 Å². The van der Waals surface area contributed by atoms with E-state index in [9.17, 15) is 4.79 Å². The SMILES string of the molecule is Cc1cc(Nc2ccc(NC(=O)c3ccc(C)c(C)c3)nc2)no1. The number of anilines is 3. The van der Waals surface area contributed by atoms with Crippen molar-refractivity contribution in [3.63, 3.8) is 0 Å². The van der Waals surface area contributed by atoms with Gasteiger partial charge in [0, 0.05) is 11.6 Å². The Morgan fingerprint density at radius 2 is 1.83 bits per heavy atom. The zero-order chi connectivity index (χ0) is 17.1. The highest BCUT2D eigenvalue weighted by Crippen LogP contribution is 2.17. The Kier molecular flexibility index (Phi) is 4.29. The molecule has 0 aliphatic rings. The lowest BCUT2D eigenvalue weighted by atomic mass is 10.1. The Morgan fingerprint density at radius 3 is 2.46 bits per heavy atom. The molecule has 24 heavy (non-hydrogen) atoms. The summed E-state index contributed by atoms with van der Waals surface area (Å²) in [6.45, 7) is 5.82. The van der Waals surface area contributed by atoms with Gasteiger partial charge in [0.15, 0.2) is 5.82 Å². The number of hydrogen-bond donors (Lipinski definition) is 2. The minimum Gasteiger partial charge on any atom is -0.360 e. The molecule has 3 rings (SSSR count). The summed E-state index contributed by atoms with van der Waals surface area (Å²) in [6.07, 6.45) is 1.63. The van der Waals surface area contributed by atoms with Gasteiger partial charge in [-0.15, -0.1) is 0 Å². The third kappa shape index (κ3) is 3.60. The molecule has 6 heteroatoms. The zero-order valence-electron chi connectivity index (χ0n) is 13.8. The van der Waals surface area contributed by atoms with Gasteiger partial charge in [0.2, 0.25) is 0 Å². The summed E-state index contributed by atoms with van der Waals surface area (Å²) in [4.78, 5) is 16.5. The topological polar surface area (TPSA) is 80.0 Å². The molecule has 0 spiro atoms. The molecule has 0 atom stereocenters. The number of rotatable bonds is 4. The van der Waals surface area contributed by atoms with E-state index >= 15 is 0 Å². The van der Waals surface area contributed by atoms with E-state index < -0.39 is 0 Å². The van der Waals surface area contributed by atoms with Crippen molar-refractivity contribution in [2.75, 3.05) is 10.6 Å². The first-order valence-electron chi connectivity index (χ1n) is 7.56. The summed E-state index contributed by atoms with van der Waals surface area (Å²) < 4.78 is 4.99. The molecule has 3 aromatic rings. The molecule has 1 aromatic carbocycles. The van der Waals surface area contributed by atoms with Gasteiger partial charge >= 0.3 is 0 Å². The highest BCUT2D eigenvalue weighted by molar-refractivity contribution is 6.03. The molecular formula is C18H18N4O2. The molecule has 0 saturated heterocycles. The monoisotopic (exact) mass is 322 g/mol. The number of aromatic nitrogens is 2. The van der Waals surface area contributed by atoms with Crippen LogP contribution in [-0.4, -0.2) is 16.0 Å². The van der Waals surface area contributed by atoms with E-state index in [1.54, 1.807) is 24.4 Å². The maximum atomic E-state index is 12.3. The summed E-state index contributed by atoms with van der Waals surface area (Å²) >= 11 is 0. The predicted molar refractivity (Wildman–Crippen MR) is 92.6 cm³/mol. The smallest absolute Gasteiger partial charge is 0.256 e. The van der Waals surface area contributed by atoms with E-state index in [1.807, 2.05) is 39.0 Å². The van der Waals surface area contributed by atoms with Crippen molar-refractivity contribution in [3.05, 3.63) is 65.0 Å². The molecule has 2 N–H and O–H groups in total. The molecule has 1 amide bonds. The Hall–Kier alpha value is -3.15. The molecule has 0 unspecified atom stereocenters. The van der Waals surface area contributed by atoms with Crippen LogP contribution in [0.15, 0.2) is 47.1 Å². The summed E-state index contributed by atoms with van der Waals surface area (Å²) in [6, 6.07) is 10.9. The average Bonchev–Trinajstić information content (AvgIpc) is 2.97. The quantitative estimate of drug-likeness (QED) is 0.759. The molecule has 0 radical (unpaired) electrons. The highest BCUT2D eigenvalue weighted by Gasteiger charge is 2.08. The maximum Gasteiger partial charge on any atom is 0.256 e. The first-order valence-corrected chi connectivity index (χ1v) is 7.56. The van der Waals surface area contributed by atoms with Crippen molar-refractivity contribution >= 4 is 23.2 Å². The number of nitrogens with zero attached hydrogens (tertiary/aromatic N) is 2. The Labute approximate surface area is 139 Å². The van der Waals surface area contributed by atoms with Gasteiger partial charge in [-0.05, 0) is 56.2 Å². The minimum atomic E-state index is -0.182. The molecule has 122 valence electrons. The van der Waals surface area contributed by atoms with E-state index in [0.717, 1.165) is 22.6 Å². The molecule has 2 aromatic heterocycles. The van der Waals surface area contributed by atoms with E-state index in [0.29, 0.717) is 17.2 Å². The number of aryl methyl sites for hydroxylation is 3. The van der Waals surface area contributed by atoms with Crippen molar-refractivity contribution in [2.24, 2.45) is 0 Å². The number of carbonyl (C=O) groups excluding carboxylic acids is 1. The van der Waals surface area contributed by atoms with Crippen LogP contribution in [0.25, 0.3) is 0 Å². The maximum absolute atomic E-state index is 12.3. The average molecular weight is 322 g/mol. The molecule has 0 saturated carbocycles. The number of benzene rings is 1. The number of pyridine rings is 1. The Balaban J connectivity index is 1.67. The van der Waals surface area contributed by atoms with Crippen molar-refractivity contribution in [3.8, 4) is 0 Å². The van der Waals surface area contributed by atoms with Gasteiger partial charge in [-0.25, -0.2) is 4.98 Å². The van der Waals surface area contributed by atoms with Crippen molar-refractivity contribution in [1.82, 2.24) is 10.1 Å². The third-order valence-electron chi connectivity index (χ3n) is 3.67. The Morgan fingerprint density at radius 1 is 1.00 bits per heavy atom. The van der Waals surface area contributed by atoms with Crippen LogP contribution in [0.1, 0.15) is 27.2 Å². The van der Waals surface area contributed by atoms with Gasteiger partial charge in [0.05, 0.1) is 11.9 Å². The van der Waals surface area contributed by atoms with Gasteiger partial charge in [-0.2, -0.15) is 0 Å². The number of amides is 1. The molecule has 0 aliphatic carbocycles. The standard InChI is InChI=1S/C18H18N4O2/c1-11-4-5-14(8-12(11)2)18(23)21-16-7-6-15(10-19-16)20-17-9-13(3)24-22-17/h4-10H,1-3H3,(H,20,22)(H,19,21,23). The fourth-order valence-electron chi connectivity index (χ4n) is 2.19. The van der Waals surface area contributed by atoms with Gasteiger partial charge in [-0.1, -0.05) is 11.2 Å². The van der Waals surface area contributed by atoms with Crippen LogP contribution >= 0.6 is 0 Å². The summed E-state index contributed by atoms with van der Waals surface area (Å²) in [5, 5.41) is 9.71.